The van der Waals surface area contributed by atoms with Crippen LogP contribution in [0.3, 0.4) is 0 Å². The molecule has 0 unspecified atom stereocenters. The molecule has 1 aliphatic rings. The van der Waals surface area contributed by atoms with Crippen LogP contribution in [-0.2, 0) is 9.47 Å². The first kappa shape index (κ1) is 11.6. The largest absolute Gasteiger partial charge is 0.344 e. The predicted octanol–water partition coefficient (Wildman–Crippen LogP) is 3.48. The molecule has 0 spiro atoms. The van der Waals surface area contributed by atoms with E-state index in [1.807, 2.05) is 13.8 Å². The highest BCUT2D eigenvalue weighted by Gasteiger charge is 2.41. The lowest BCUT2D eigenvalue weighted by atomic mass is 10.2. The van der Waals surface area contributed by atoms with E-state index in [1.165, 1.54) is 11.3 Å². The third-order valence-corrected chi connectivity index (χ3v) is 3.65. The highest BCUT2D eigenvalue weighted by molar-refractivity contribution is 7.16. The van der Waals surface area contributed by atoms with Gasteiger partial charge in [0.15, 0.2) is 10.3 Å². The van der Waals surface area contributed by atoms with E-state index in [1.54, 1.807) is 0 Å². The summed E-state index contributed by atoms with van der Waals surface area (Å²) in [5.74, 6) is -0.642. The first-order valence-electron chi connectivity index (χ1n) is 4.39. The Bertz CT molecular complexity index is 380. The van der Waals surface area contributed by atoms with Gasteiger partial charge in [0, 0.05) is 0 Å². The summed E-state index contributed by atoms with van der Waals surface area (Å²) in [4.78, 5) is 4.69. The molecule has 0 saturated carbocycles. The average Bonchev–Trinajstić information content (AvgIpc) is 2.52. The molecule has 3 nitrogen and oxygen atoms in total. The number of halogens is 2. The van der Waals surface area contributed by atoms with Crippen LogP contribution < -0.4 is 0 Å². The molecule has 0 aliphatic carbocycles. The Morgan fingerprint density at radius 1 is 1.40 bits per heavy atom. The van der Waals surface area contributed by atoms with E-state index in [0.717, 1.165) is 4.88 Å². The lowest BCUT2D eigenvalue weighted by Gasteiger charge is -2.16. The number of hydrogen-bond acceptors (Lipinski definition) is 4. The smallest absolute Gasteiger partial charge is 0.185 e. The number of nitrogens with zero attached hydrogens (tertiary/aromatic N) is 1. The van der Waals surface area contributed by atoms with Gasteiger partial charge in [-0.25, -0.2) is 4.98 Å². The van der Waals surface area contributed by atoms with Crippen LogP contribution in [0.15, 0.2) is 0 Å². The fourth-order valence-electron chi connectivity index (χ4n) is 1.52. The van der Waals surface area contributed by atoms with Gasteiger partial charge in [-0.1, -0.05) is 23.2 Å². The quantitative estimate of drug-likeness (QED) is 0.780. The summed E-state index contributed by atoms with van der Waals surface area (Å²) in [5.41, 5.74) is 0. The maximum Gasteiger partial charge on any atom is 0.185 e. The molecule has 2 heterocycles. The van der Waals surface area contributed by atoms with Crippen molar-refractivity contribution in [1.29, 1.82) is 0 Å². The number of aromatic nitrogens is 1. The fraction of sp³-hybridized carbons (Fsp3) is 0.556. The van der Waals surface area contributed by atoms with Crippen LogP contribution in [0.2, 0.25) is 9.62 Å². The molecule has 15 heavy (non-hydrogen) atoms. The van der Waals surface area contributed by atoms with Gasteiger partial charge in [-0.05, 0) is 20.8 Å². The number of thiazole rings is 1. The number of rotatable bonds is 1. The van der Waals surface area contributed by atoms with Gasteiger partial charge in [0.25, 0.3) is 0 Å². The second-order valence-corrected chi connectivity index (χ2v) is 5.69. The predicted molar refractivity (Wildman–Crippen MR) is 60.3 cm³/mol. The van der Waals surface area contributed by atoms with Crippen molar-refractivity contribution in [3.05, 3.63) is 21.4 Å². The molecule has 0 bridgehead atoms. The maximum atomic E-state index is 5.94. The highest BCUT2D eigenvalue weighted by Crippen LogP contribution is 2.43. The zero-order valence-corrected chi connectivity index (χ0v) is 10.6. The Morgan fingerprint density at radius 2 is 2.07 bits per heavy atom. The van der Waals surface area contributed by atoms with E-state index in [9.17, 15) is 0 Å². The van der Waals surface area contributed by atoms with Gasteiger partial charge in [0.2, 0.25) is 0 Å². The first-order chi connectivity index (χ1) is 6.89. The van der Waals surface area contributed by atoms with Crippen LogP contribution in [0.25, 0.3) is 0 Å². The van der Waals surface area contributed by atoms with Gasteiger partial charge >= 0.3 is 0 Å². The molecule has 6 heteroatoms. The number of hydrogen-bond donors (Lipinski definition) is 0. The summed E-state index contributed by atoms with van der Waals surface area (Å²) < 4.78 is 11.6. The summed E-state index contributed by atoms with van der Waals surface area (Å²) >= 11 is 13.0. The normalized spacial score (nSPS) is 29.7. The van der Waals surface area contributed by atoms with Crippen molar-refractivity contribution in [2.45, 2.75) is 31.8 Å². The Labute approximate surface area is 102 Å². The molecule has 1 radical (unpaired) electrons. The highest BCUT2D eigenvalue weighted by atomic mass is 35.5. The molecular formula is C9H10Cl2NO2S. The Kier molecular flexibility index (Phi) is 2.99. The molecule has 2 rings (SSSR count). The van der Waals surface area contributed by atoms with Crippen molar-refractivity contribution in [2.75, 3.05) is 0 Å². The van der Waals surface area contributed by atoms with Crippen LogP contribution in [0.1, 0.15) is 24.8 Å². The van der Waals surface area contributed by atoms with Gasteiger partial charge in [0.05, 0.1) is 11.0 Å². The summed E-state index contributed by atoms with van der Waals surface area (Å²) in [6, 6.07) is 0. The molecule has 0 N–H and O–H groups in total. The minimum Gasteiger partial charge on any atom is -0.344 e. The molecule has 0 amide bonds. The summed E-state index contributed by atoms with van der Waals surface area (Å²) in [6.45, 7) is 7.54. The molecule has 1 saturated heterocycles. The molecule has 1 aromatic rings. The monoisotopic (exact) mass is 266 g/mol. The lowest BCUT2D eigenvalue weighted by Crippen LogP contribution is -2.20. The van der Waals surface area contributed by atoms with E-state index in [-0.39, 0.29) is 12.2 Å². The third-order valence-electron chi connectivity index (χ3n) is 2.03. The molecule has 1 aliphatic heterocycles. The SMILES string of the molecule is [CH2][C@H]1OC(C)(C)O[C@@H]1c1sc(Cl)nc1Cl. The van der Waals surface area contributed by atoms with E-state index in [2.05, 4.69) is 11.9 Å². The molecule has 2 atom stereocenters. The van der Waals surface area contributed by atoms with Gasteiger partial charge in [-0.3, -0.25) is 0 Å². The summed E-state index contributed by atoms with van der Waals surface area (Å²) in [5, 5.41) is 0.366. The molecular weight excluding hydrogens is 257 g/mol. The third kappa shape index (κ3) is 2.29. The minimum absolute atomic E-state index is 0.294. The second kappa shape index (κ2) is 3.86. The van der Waals surface area contributed by atoms with E-state index in [0.29, 0.717) is 9.62 Å². The molecule has 0 aromatic carbocycles. The van der Waals surface area contributed by atoms with Crippen LogP contribution in [0.4, 0.5) is 0 Å². The molecule has 1 aromatic heterocycles. The second-order valence-electron chi connectivity index (χ2n) is 3.72. The topological polar surface area (TPSA) is 31.4 Å². The zero-order valence-electron chi connectivity index (χ0n) is 8.29. The fourth-order valence-corrected chi connectivity index (χ4v) is 3.02. The maximum absolute atomic E-state index is 5.94. The van der Waals surface area contributed by atoms with Gasteiger partial charge in [-0.15, -0.1) is 11.3 Å². The van der Waals surface area contributed by atoms with Crippen molar-refractivity contribution in [3.8, 4) is 0 Å². The van der Waals surface area contributed by atoms with Crippen LogP contribution in [0, 0.1) is 6.92 Å². The summed E-state index contributed by atoms with van der Waals surface area (Å²) in [6.07, 6.45) is -0.591. The zero-order chi connectivity index (χ0) is 11.2. The van der Waals surface area contributed by atoms with Crippen molar-refractivity contribution in [1.82, 2.24) is 4.98 Å². The van der Waals surface area contributed by atoms with E-state index in [4.69, 9.17) is 32.7 Å². The Balaban J connectivity index is 2.29. The van der Waals surface area contributed by atoms with Crippen LogP contribution in [0.5, 0.6) is 0 Å². The first-order valence-corrected chi connectivity index (χ1v) is 5.97. The minimum atomic E-state index is -0.642. The van der Waals surface area contributed by atoms with Crippen molar-refractivity contribution < 1.29 is 9.47 Å². The standard InChI is InChI=1S/C9H10Cl2NO2S/c1-4-5(14-9(2,3)13-4)6-7(10)12-8(11)15-6/h4-5H,1H2,2-3H3/t4-,5+/m1/s1. The Hall–Kier alpha value is 0.130. The average molecular weight is 267 g/mol. The van der Waals surface area contributed by atoms with E-state index >= 15 is 0 Å². The van der Waals surface area contributed by atoms with Gasteiger partial charge in [0.1, 0.15) is 11.3 Å². The van der Waals surface area contributed by atoms with Gasteiger partial charge < -0.3 is 9.47 Å². The van der Waals surface area contributed by atoms with Gasteiger partial charge in [-0.2, -0.15) is 0 Å². The van der Waals surface area contributed by atoms with Crippen LogP contribution >= 0.6 is 34.5 Å². The molecule has 83 valence electrons. The van der Waals surface area contributed by atoms with Crippen molar-refractivity contribution >= 4 is 34.5 Å². The molecule has 1 fully saturated rings. The van der Waals surface area contributed by atoms with Crippen molar-refractivity contribution in [3.63, 3.8) is 0 Å². The van der Waals surface area contributed by atoms with Crippen LogP contribution in [-0.4, -0.2) is 16.9 Å². The van der Waals surface area contributed by atoms with Crippen molar-refractivity contribution in [2.24, 2.45) is 0 Å². The Morgan fingerprint density at radius 3 is 2.47 bits per heavy atom. The lowest BCUT2D eigenvalue weighted by molar-refractivity contribution is -0.143. The summed E-state index contributed by atoms with van der Waals surface area (Å²) in [7, 11) is 0. The van der Waals surface area contributed by atoms with E-state index < -0.39 is 5.79 Å². The number of ether oxygens (including phenoxy) is 2.